The lowest BCUT2D eigenvalue weighted by Gasteiger charge is -2.10. The van der Waals surface area contributed by atoms with Crippen molar-refractivity contribution in [2.75, 3.05) is 18.2 Å². The Hall–Kier alpha value is -3.26. The minimum absolute atomic E-state index is 0.138. The molecule has 0 aliphatic carbocycles. The summed E-state index contributed by atoms with van der Waals surface area (Å²) in [7, 11) is 1.59. The van der Waals surface area contributed by atoms with Crippen LogP contribution >= 0.6 is 11.8 Å². The number of carbonyl (C=O) groups excluding carboxylic acids is 1. The fourth-order valence-electron chi connectivity index (χ4n) is 3.06. The molecule has 0 aliphatic heterocycles. The largest absolute Gasteiger partial charge is 0.497 e. The highest BCUT2D eigenvalue weighted by Crippen LogP contribution is 2.21. The second-order valence-corrected chi connectivity index (χ2v) is 7.99. The maximum atomic E-state index is 12.4. The molecule has 0 unspecified atom stereocenters. The molecule has 1 aromatic heterocycles. The first-order valence-electron chi connectivity index (χ1n) is 10.4. The molecule has 0 bridgehead atoms. The van der Waals surface area contributed by atoms with Gasteiger partial charge in [0.2, 0.25) is 5.91 Å². The summed E-state index contributed by atoms with van der Waals surface area (Å²) < 4.78 is 13.0. The predicted octanol–water partition coefficient (Wildman–Crippen LogP) is 4.74. The molecular weight excluding hydrogens is 424 g/mol. The van der Waals surface area contributed by atoms with Gasteiger partial charge in [0.15, 0.2) is 11.0 Å². The molecule has 7 nitrogen and oxygen atoms in total. The Kier molecular flexibility index (Phi) is 8.74. The van der Waals surface area contributed by atoms with Gasteiger partial charge in [-0.2, -0.15) is 0 Å². The van der Waals surface area contributed by atoms with E-state index in [0.717, 1.165) is 18.6 Å². The second-order valence-electron chi connectivity index (χ2n) is 7.05. The van der Waals surface area contributed by atoms with Gasteiger partial charge in [0.25, 0.3) is 0 Å². The Morgan fingerprint density at radius 1 is 1.19 bits per heavy atom. The Bertz CT molecular complexity index is 1030. The van der Waals surface area contributed by atoms with Gasteiger partial charge in [-0.15, -0.1) is 16.8 Å². The van der Waals surface area contributed by atoms with E-state index in [4.69, 9.17) is 9.47 Å². The van der Waals surface area contributed by atoms with Crippen molar-refractivity contribution in [1.29, 1.82) is 0 Å². The number of methoxy groups -OCH3 is 1. The highest BCUT2D eigenvalue weighted by atomic mass is 32.2. The Morgan fingerprint density at radius 2 is 2.00 bits per heavy atom. The number of rotatable bonds is 12. The van der Waals surface area contributed by atoms with E-state index < -0.39 is 0 Å². The maximum absolute atomic E-state index is 12.4. The van der Waals surface area contributed by atoms with Gasteiger partial charge in [0.1, 0.15) is 18.1 Å². The standard InChI is InChI=1S/C24H28N4O3S/c1-4-7-18-10-12-20(13-11-18)31-16-22-26-27-24(28(22)14-5-2)32-17-23(29)25-19-8-6-9-21(15-19)30-3/h5-6,8-13,15H,2,4,7,14,16-17H2,1,3H3,(H,25,29). The van der Waals surface area contributed by atoms with Crippen LogP contribution in [0.15, 0.2) is 66.3 Å². The van der Waals surface area contributed by atoms with Gasteiger partial charge >= 0.3 is 0 Å². The molecule has 0 saturated heterocycles. The Balaban J connectivity index is 1.58. The van der Waals surface area contributed by atoms with Gasteiger partial charge in [0, 0.05) is 18.3 Å². The summed E-state index contributed by atoms with van der Waals surface area (Å²) in [6.45, 7) is 6.79. The monoisotopic (exact) mass is 452 g/mol. The van der Waals surface area contributed by atoms with Crippen molar-refractivity contribution in [2.45, 2.75) is 38.1 Å². The van der Waals surface area contributed by atoms with E-state index in [2.05, 4.69) is 41.1 Å². The molecule has 8 heteroatoms. The second kappa shape index (κ2) is 12.0. The minimum atomic E-state index is -0.138. The number of hydrogen-bond acceptors (Lipinski definition) is 6. The average molecular weight is 453 g/mol. The van der Waals surface area contributed by atoms with Crippen molar-refractivity contribution < 1.29 is 14.3 Å². The molecule has 2 aromatic carbocycles. The van der Waals surface area contributed by atoms with Crippen LogP contribution in [0.25, 0.3) is 0 Å². The Labute approximate surface area is 192 Å². The maximum Gasteiger partial charge on any atom is 0.234 e. The third kappa shape index (κ3) is 6.62. The summed E-state index contributed by atoms with van der Waals surface area (Å²) in [6.07, 6.45) is 3.94. The number of allylic oxidation sites excluding steroid dienone is 1. The van der Waals surface area contributed by atoms with Crippen LogP contribution in [0, 0.1) is 0 Å². The van der Waals surface area contributed by atoms with Gasteiger partial charge in [-0.05, 0) is 36.2 Å². The van der Waals surface area contributed by atoms with E-state index in [9.17, 15) is 4.79 Å². The summed E-state index contributed by atoms with van der Waals surface area (Å²) >= 11 is 1.32. The molecule has 0 radical (unpaired) electrons. The first-order chi connectivity index (χ1) is 15.6. The van der Waals surface area contributed by atoms with Crippen LogP contribution in [-0.4, -0.2) is 33.5 Å². The van der Waals surface area contributed by atoms with Crippen LogP contribution in [-0.2, 0) is 24.4 Å². The quantitative estimate of drug-likeness (QED) is 0.316. The SMILES string of the molecule is C=CCn1c(COc2ccc(CCC)cc2)nnc1SCC(=O)Nc1cccc(OC)c1. The molecule has 168 valence electrons. The number of carbonyl (C=O) groups is 1. The van der Waals surface area contributed by atoms with E-state index in [-0.39, 0.29) is 18.3 Å². The predicted molar refractivity (Wildman–Crippen MR) is 127 cm³/mol. The fourth-order valence-corrected chi connectivity index (χ4v) is 3.83. The van der Waals surface area contributed by atoms with Crippen molar-refractivity contribution in [3.8, 4) is 11.5 Å². The summed E-state index contributed by atoms with van der Waals surface area (Å²) in [6, 6.07) is 15.3. The molecule has 0 fully saturated rings. The van der Waals surface area contributed by atoms with Gasteiger partial charge in [-0.1, -0.05) is 49.4 Å². The van der Waals surface area contributed by atoms with E-state index >= 15 is 0 Å². The van der Waals surface area contributed by atoms with Gasteiger partial charge in [-0.25, -0.2) is 0 Å². The number of hydrogen-bond donors (Lipinski definition) is 1. The van der Waals surface area contributed by atoms with Gasteiger partial charge in [-0.3, -0.25) is 9.36 Å². The minimum Gasteiger partial charge on any atom is -0.497 e. The van der Waals surface area contributed by atoms with Crippen LogP contribution < -0.4 is 14.8 Å². The zero-order chi connectivity index (χ0) is 22.8. The van der Waals surface area contributed by atoms with E-state index in [1.807, 2.05) is 34.9 Å². The Morgan fingerprint density at radius 3 is 2.72 bits per heavy atom. The molecule has 1 amide bonds. The van der Waals surface area contributed by atoms with Crippen LogP contribution in [0.3, 0.4) is 0 Å². The normalized spacial score (nSPS) is 10.6. The summed E-state index contributed by atoms with van der Waals surface area (Å²) in [4.78, 5) is 12.4. The summed E-state index contributed by atoms with van der Waals surface area (Å²) in [5.74, 6) is 2.21. The lowest BCUT2D eigenvalue weighted by molar-refractivity contribution is -0.113. The van der Waals surface area contributed by atoms with Crippen molar-refractivity contribution >= 4 is 23.4 Å². The third-order valence-corrected chi connectivity index (χ3v) is 5.59. The number of aromatic nitrogens is 3. The first-order valence-corrected chi connectivity index (χ1v) is 11.4. The smallest absolute Gasteiger partial charge is 0.234 e. The van der Waals surface area contributed by atoms with Gasteiger partial charge < -0.3 is 14.8 Å². The lowest BCUT2D eigenvalue weighted by atomic mass is 10.1. The molecule has 32 heavy (non-hydrogen) atoms. The van der Waals surface area contributed by atoms with Crippen LogP contribution in [0.4, 0.5) is 5.69 Å². The van der Waals surface area contributed by atoms with E-state index in [1.165, 1.54) is 17.3 Å². The molecule has 1 heterocycles. The first kappa shape index (κ1) is 23.4. The number of thioether (sulfide) groups is 1. The average Bonchev–Trinajstić information content (AvgIpc) is 3.19. The van der Waals surface area contributed by atoms with Crippen molar-refractivity contribution in [3.63, 3.8) is 0 Å². The number of amides is 1. The van der Waals surface area contributed by atoms with Crippen molar-refractivity contribution in [3.05, 3.63) is 72.6 Å². The highest BCUT2D eigenvalue weighted by Gasteiger charge is 2.14. The van der Waals surface area contributed by atoms with Crippen LogP contribution in [0.1, 0.15) is 24.7 Å². The molecule has 0 aliphatic rings. The van der Waals surface area contributed by atoms with Gasteiger partial charge in [0.05, 0.1) is 12.9 Å². The van der Waals surface area contributed by atoms with E-state index in [1.54, 1.807) is 19.3 Å². The number of ether oxygens (including phenoxy) is 2. The summed E-state index contributed by atoms with van der Waals surface area (Å²) in [5.41, 5.74) is 1.97. The van der Waals surface area contributed by atoms with Crippen LogP contribution in [0.2, 0.25) is 0 Å². The molecule has 3 aromatic rings. The zero-order valence-electron chi connectivity index (χ0n) is 18.4. The zero-order valence-corrected chi connectivity index (χ0v) is 19.2. The number of anilines is 1. The molecule has 0 atom stereocenters. The molecular formula is C24H28N4O3S. The molecule has 3 rings (SSSR count). The lowest BCUT2D eigenvalue weighted by Crippen LogP contribution is -2.15. The topological polar surface area (TPSA) is 78.3 Å². The molecule has 0 spiro atoms. The number of nitrogens with zero attached hydrogens (tertiary/aromatic N) is 3. The number of nitrogens with one attached hydrogen (secondary N) is 1. The molecule has 1 N–H and O–H groups in total. The van der Waals surface area contributed by atoms with Crippen molar-refractivity contribution in [2.24, 2.45) is 0 Å². The molecule has 0 saturated carbocycles. The summed E-state index contributed by atoms with van der Waals surface area (Å²) in [5, 5.41) is 12.0. The number of benzene rings is 2. The highest BCUT2D eigenvalue weighted by molar-refractivity contribution is 7.99. The third-order valence-electron chi connectivity index (χ3n) is 4.62. The fraction of sp³-hybridized carbons (Fsp3) is 0.292. The van der Waals surface area contributed by atoms with Crippen molar-refractivity contribution in [1.82, 2.24) is 14.8 Å². The van der Waals surface area contributed by atoms with E-state index in [0.29, 0.717) is 29.0 Å². The number of aryl methyl sites for hydroxylation is 1. The van der Waals surface area contributed by atoms with Crippen LogP contribution in [0.5, 0.6) is 11.5 Å².